The van der Waals surface area contributed by atoms with Crippen LogP contribution >= 0.6 is 11.6 Å². The smallest absolute Gasteiger partial charge is 0.258 e. The number of aliphatic carboxylic acids is 1. The summed E-state index contributed by atoms with van der Waals surface area (Å²) in [5, 5.41) is 14.4. The van der Waals surface area contributed by atoms with Gasteiger partial charge in [0.05, 0.1) is 35.8 Å². The number of benzene rings is 3. The van der Waals surface area contributed by atoms with Crippen molar-refractivity contribution in [1.29, 1.82) is 0 Å². The van der Waals surface area contributed by atoms with E-state index in [2.05, 4.69) is 21.0 Å². The van der Waals surface area contributed by atoms with Gasteiger partial charge in [-0.2, -0.15) is 0 Å². The topological polar surface area (TPSA) is 141 Å². The van der Waals surface area contributed by atoms with E-state index in [0.717, 1.165) is 6.54 Å². The molecule has 3 aromatic carbocycles. The average molecular weight is 509 g/mol. The van der Waals surface area contributed by atoms with Gasteiger partial charge in [-0.15, -0.1) is 0 Å². The molecule has 0 aliphatic carbocycles. The number of carbonyl (C=O) groups excluding carboxylic acids is 2. The highest BCUT2D eigenvalue weighted by Gasteiger charge is 2.16. The fraction of sp³-hybridized carbons (Fsp3) is 0.154. The molecule has 1 heterocycles. The lowest BCUT2D eigenvalue weighted by atomic mass is 10.1. The maximum Gasteiger partial charge on any atom is 0.258 e. The van der Waals surface area contributed by atoms with Crippen LogP contribution in [-0.2, 0) is 9.59 Å². The molecule has 1 atom stereocenters. The molecule has 1 aromatic heterocycles. The predicted octanol–water partition coefficient (Wildman–Crippen LogP) is 2.31. The summed E-state index contributed by atoms with van der Waals surface area (Å²) in [6.45, 7) is 2.65. The first-order valence-corrected chi connectivity index (χ1v) is 11.4. The standard InChI is InChI=1S/C24H18ClN3O5.C2H7N/c25-16-6-11-19-20(12-16)26-13-22(27-19)33-18-9-7-17(8-10-18)32-14-21(29)28-23(24(30)31)15-4-2-1-3-5-15;1-2-3/h1-13,23H,14H2,(H,28,29)(H,30,31);2-3H2,1H3. The molecule has 186 valence electrons. The minimum absolute atomic E-state index is 0.312. The van der Waals surface area contributed by atoms with Crippen LogP contribution in [0, 0.1) is 0 Å². The molecule has 4 rings (SSSR count). The van der Waals surface area contributed by atoms with Crippen LogP contribution in [0.2, 0.25) is 5.02 Å². The van der Waals surface area contributed by atoms with Gasteiger partial charge in [0.2, 0.25) is 5.88 Å². The number of carbonyl (C=O) groups is 2. The van der Waals surface area contributed by atoms with Gasteiger partial charge >= 0.3 is 0 Å². The van der Waals surface area contributed by atoms with Crippen molar-refractivity contribution in [1.82, 2.24) is 15.3 Å². The van der Waals surface area contributed by atoms with Crippen LogP contribution in [0.5, 0.6) is 17.4 Å². The fourth-order valence-corrected chi connectivity index (χ4v) is 3.18. The number of nitrogens with one attached hydrogen (secondary N) is 1. The Kier molecular flexibility index (Phi) is 9.56. The number of rotatable bonds is 8. The average Bonchev–Trinajstić information content (AvgIpc) is 2.88. The van der Waals surface area contributed by atoms with E-state index in [4.69, 9.17) is 21.1 Å². The zero-order valence-electron chi connectivity index (χ0n) is 19.5. The van der Waals surface area contributed by atoms with E-state index in [1.165, 1.54) is 6.20 Å². The largest absolute Gasteiger partial charge is 0.548 e. The van der Waals surface area contributed by atoms with Gasteiger partial charge in [-0.25, -0.2) is 9.97 Å². The molecule has 10 heteroatoms. The first-order valence-electron chi connectivity index (χ1n) is 11.1. The summed E-state index contributed by atoms with van der Waals surface area (Å²) < 4.78 is 11.1. The molecule has 1 amide bonds. The third-order valence-corrected chi connectivity index (χ3v) is 4.81. The van der Waals surface area contributed by atoms with E-state index in [-0.39, 0.29) is 6.61 Å². The van der Waals surface area contributed by atoms with Crippen LogP contribution in [0.25, 0.3) is 11.0 Å². The summed E-state index contributed by atoms with van der Waals surface area (Å²) in [6, 6.07) is 18.7. The van der Waals surface area contributed by atoms with Crippen molar-refractivity contribution in [3.8, 4) is 17.4 Å². The summed E-state index contributed by atoms with van der Waals surface area (Å²) in [5.41, 5.74) is 5.20. The van der Waals surface area contributed by atoms with Crippen molar-refractivity contribution in [3.63, 3.8) is 0 Å². The maximum atomic E-state index is 12.2. The number of ether oxygens (including phenoxy) is 2. The molecule has 0 radical (unpaired) electrons. The highest BCUT2D eigenvalue weighted by atomic mass is 35.5. The van der Waals surface area contributed by atoms with E-state index in [0.29, 0.717) is 39.0 Å². The van der Waals surface area contributed by atoms with Gasteiger partial charge in [0.15, 0.2) is 6.61 Å². The zero-order chi connectivity index (χ0) is 25.9. The van der Waals surface area contributed by atoms with Crippen LogP contribution in [0.1, 0.15) is 18.5 Å². The Morgan fingerprint density at radius 2 is 1.69 bits per heavy atom. The highest BCUT2D eigenvalue weighted by molar-refractivity contribution is 6.31. The lowest BCUT2D eigenvalue weighted by molar-refractivity contribution is -0.361. The normalized spacial score (nSPS) is 11.1. The second-order valence-corrected chi connectivity index (χ2v) is 7.87. The summed E-state index contributed by atoms with van der Waals surface area (Å²) in [6.07, 6.45) is 1.49. The molecular weight excluding hydrogens is 484 g/mol. The molecule has 0 saturated carbocycles. The van der Waals surface area contributed by atoms with Gasteiger partial charge < -0.3 is 30.4 Å². The van der Waals surface area contributed by atoms with E-state index in [1.807, 2.05) is 6.92 Å². The first-order chi connectivity index (χ1) is 17.4. The number of halogens is 1. The molecule has 0 spiro atoms. The van der Waals surface area contributed by atoms with Crippen LogP contribution in [0.4, 0.5) is 0 Å². The molecule has 36 heavy (non-hydrogen) atoms. The second-order valence-electron chi connectivity index (χ2n) is 7.43. The molecule has 1 unspecified atom stereocenters. The van der Waals surface area contributed by atoms with Crippen LogP contribution in [0.3, 0.4) is 0 Å². The maximum absolute atomic E-state index is 12.2. The molecule has 0 aliphatic rings. The number of fused-ring (bicyclic) bond motifs is 1. The first kappa shape index (κ1) is 26.4. The SMILES string of the molecule is CC[NH3+].O=C(COc1ccc(Oc2cnc3cc(Cl)ccc3n2)cc1)NC(C(=O)[O-])c1ccccc1. The Balaban J connectivity index is 0.00000115. The van der Waals surface area contributed by atoms with Crippen LogP contribution in [-0.4, -0.2) is 35.0 Å². The van der Waals surface area contributed by atoms with Gasteiger partial charge in [-0.05, 0) is 55.0 Å². The molecule has 0 fully saturated rings. The Hall–Kier alpha value is -4.21. The number of aromatic nitrogens is 2. The molecule has 9 nitrogen and oxygen atoms in total. The Labute approximate surface area is 212 Å². The molecule has 0 bridgehead atoms. The zero-order valence-corrected chi connectivity index (χ0v) is 20.3. The van der Waals surface area contributed by atoms with Crippen molar-refractivity contribution in [2.45, 2.75) is 13.0 Å². The number of amides is 1. The third kappa shape index (κ3) is 7.66. The lowest BCUT2D eigenvalue weighted by Gasteiger charge is -2.20. The summed E-state index contributed by atoms with van der Waals surface area (Å²) in [5.74, 6) is -0.792. The summed E-state index contributed by atoms with van der Waals surface area (Å²) in [4.78, 5) is 32.2. The van der Waals surface area contributed by atoms with E-state index >= 15 is 0 Å². The molecular formula is C26H25ClN4O5. The molecule has 4 aromatic rings. The number of carboxylic acids is 1. The summed E-state index contributed by atoms with van der Waals surface area (Å²) in [7, 11) is 0. The van der Waals surface area contributed by atoms with Gasteiger partial charge in [-0.1, -0.05) is 41.9 Å². The number of hydrogen-bond acceptors (Lipinski definition) is 7. The number of hydrogen-bond donors (Lipinski definition) is 2. The van der Waals surface area contributed by atoms with Crippen LogP contribution in [0.15, 0.2) is 79.0 Å². The van der Waals surface area contributed by atoms with Crippen molar-refractivity contribution >= 4 is 34.5 Å². The molecule has 0 saturated heterocycles. The minimum Gasteiger partial charge on any atom is -0.548 e. The third-order valence-electron chi connectivity index (χ3n) is 4.57. The number of nitrogens with zero attached hydrogens (tertiary/aromatic N) is 2. The highest BCUT2D eigenvalue weighted by Crippen LogP contribution is 2.24. The van der Waals surface area contributed by atoms with Gasteiger partial charge in [0.1, 0.15) is 11.5 Å². The van der Waals surface area contributed by atoms with Crippen LogP contribution < -0.4 is 25.6 Å². The monoisotopic (exact) mass is 508 g/mol. The van der Waals surface area contributed by atoms with Crippen molar-refractivity contribution < 1.29 is 29.9 Å². The lowest BCUT2D eigenvalue weighted by Crippen LogP contribution is -2.48. The van der Waals surface area contributed by atoms with E-state index in [9.17, 15) is 14.7 Å². The van der Waals surface area contributed by atoms with Gasteiger partial charge in [0.25, 0.3) is 5.91 Å². The fourth-order valence-electron chi connectivity index (χ4n) is 3.02. The van der Waals surface area contributed by atoms with Crippen molar-refractivity contribution in [2.75, 3.05) is 13.2 Å². The number of quaternary nitrogens is 1. The van der Waals surface area contributed by atoms with E-state index < -0.39 is 17.9 Å². The Morgan fingerprint density at radius 3 is 2.36 bits per heavy atom. The van der Waals surface area contributed by atoms with Gasteiger partial charge in [-0.3, -0.25) is 4.79 Å². The molecule has 4 N–H and O–H groups in total. The van der Waals surface area contributed by atoms with E-state index in [1.54, 1.807) is 72.8 Å². The van der Waals surface area contributed by atoms with Gasteiger partial charge in [0, 0.05) is 5.02 Å². The second kappa shape index (κ2) is 13.0. The predicted molar refractivity (Wildman–Crippen MR) is 132 cm³/mol. The quantitative estimate of drug-likeness (QED) is 0.372. The van der Waals surface area contributed by atoms with Crippen molar-refractivity contribution in [3.05, 3.63) is 89.6 Å². The molecule has 0 aliphatic heterocycles. The number of carboxylic acid groups (broad SMARTS) is 1. The summed E-state index contributed by atoms with van der Waals surface area (Å²) >= 11 is 5.95. The van der Waals surface area contributed by atoms with Crippen molar-refractivity contribution in [2.24, 2.45) is 0 Å². The Morgan fingerprint density at radius 1 is 1.03 bits per heavy atom. The minimum atomic E-state index is -1.41. The Bertz CT molecular complexity index is 1300.